The van der Waals surface area contributed by atoms with Gasteiger partial charge in [0.2, 0.25) is 5.91 Å². The van der Waals surface area contributed by atoms with E-state index >= 15 is 0 Å². The van der Waals surface area contributed by atoms with Crippen molar-refractivity contribution < 1.29 is 4.79 Å². The van der Waals surface area contributed by atoms with E-state index in [4.69, 9.17) is 0 Å². The quantitative estimate of drug-likeness (QED) is 0.791. The molecule has 1 aliphatic heterocycles. The Hall–Kier alpha value is -1.58. The van der Waals surface area contributed by atoms with Gasteiger partial charge in [-0.25, -0.2) is 4.98 Å². The average Bonchev–Trinajstić information content (AvgIpc) is 2.57. The number of rotatable bonds is 4. The van der Waals surface area contributed by atoms with Crippen LogP contribution in [0, 0.1) is 32.1 Å². The van der Waals surface area contributed by atoms with Crippen LogP contribution in [0.15, 0.2) is 5.03 Å². The van der Waals surface area contributed by atoms with E-state index in [1.165, 1.54) is 11.8 Å². The Morgan fingerprint density at radius 2 is 1.87 bits per heavy atom. The Morgan fingerprint density at radius 3 is 2.43 bits per heavy atom. The summed E-state index contributed by atoms with van der Waals surface area (Å²) in [5.74, 6) is 0.475. The first kappa shape index (κ1) is 17.8. The van der Waals surface area contributed by atoms with Gasteiger partial charge in [0.1, 0.15) is 11.1 Å². The summed E-state index contributed by atoms with van der Waals surface area (Å²) in [5.41, 5.74) is 3.54. The van der Waals surface area contributed by atoms with E-state index < -0.39 is 0 Å². The predicted octanol–water partition coefficient (Wildman–Crippen LogP) is 2.13. The van der Waals surface area contributed by atoms with Crippen LogP contribution in [0.2, 0.25) is 0 Å². The summed E-state index contributed by atoms with van der Waals surface area (Å²) in [4.78, 5) is 21.1. The first-order chi connectivity index (χ1) is 11.0. The van der Waals surface area contributed by atoms with Gasteiger partial charge in [-0.05, 0) is 38.4 Å². The number of aromatic nitrogens is 1. The van der Waals surface area contributed by atoms with Crippen LogP contribution >= 0.6 is 11.8 Å². The highest BCUT2D eigenvalue weighted by atomic mass is 32.2. The van der Waals surface area contributed by atoms with Crippen LogP contribution in [0.25, 0.3) is 0 Å². The van der Waals surface area contributed by atoms with Crippen LogP contribution in [0.3, 0.4) is 0 Å². The first-order valence-corrected chi connectivity index (χ1v) is 8.97. The minimum absolute atomic E-state index is 0.132. The van der Waals surface area contributed by atoms with Crippen molar-refractivity contribution in [3.63, 3.8) is 0 Å². The minimum Gasteiger partial charge on any atom is -0.339 e. The average molecular weight is 332 g/mol. The fraction of sp³-hybridized carbons (Fsp3) is 0.588. The molecule has 0 aliphatic carbocycles. The van der Waals surface area contributed by atoms with Gasteiger partial charge in [-0.1, -0.05) is 18.7 Å². The lowest BCUT2D eigenvalue weighted by Crippen LogP contribution is -2.49. The van der Waals surface area contributed by atoms with Crippen molar-refractivity contribution in [3.8, 4) is 6.07 Å². The third-order valence-electron chi connectivity index (χ3n) is 4.58. The van der Waals surface area contributed by atoms with E-state index in [0.29, 0.717) is 16.3 Å². The van der Waals surface area contributed by atoms with E-state index in [1.54, 1.807) is 0 Å². The number of aryl methyl sites for hydroxylation is 1. The monoisotopic (exact) mass is 332 g/mol. The number of amides is 1. The summed E-state index contributed by atoms with van der Waals surface area (Å²) in [7, 11) is 0. The Bertz CT molecular complexity index is 630. The maximum absolute atomic E-state index is 12.4. The molecular formula is C17H24N4OS. The van der Waals surface area contributed by atoms with Gasteiger partial charge in [-0.15, -0.1) is 0 Å². The summed E-state index contributed by atoms with van der Waals surface area (Å²) in [5, 5.41) is 10.1. The lowest BCUT2D eigenvalue weighted by molar-refractivity contribution is -0.130. The van der Waals surface area contributed by atoms with Crippen molar-refractivity contribution in [1.82, 2.24) is 14.8 Å². The van der Waals surface area contributed by atoms with Crippen LogP contribution in [0.1, 0.15) is 29.3 Å². The second-order valence-electron chi connectivity index (χ2n) is 5.84. The molecular weight excluding hydrogens is 308 g/mol. The van der Waals surface area contributed by atoms with Crippen molar-refractivity contribution in [3.05, 3.63) is 22.4 Å². The second kappa shape index (κ2) is 7.80. The zero-order valence-corrected chi connectivity index (χ0v) is 15.2. The Balaban J connectivity index is 2.01. The van der Waals surface area contributed by atoms with Crippen LogP contribution < -0.4 is 0 Å². The number of carbonyl (C=O) groups excluding carboxylic acids is 1. The molecule has 1 aromatic rings. The number of thioether (sulfide) groups is 1. The SMILES string of the molecule is CCN1CCN(C(=O)CSc2nc(C)c(C)c(C)c2C#N)CC1. The van der Waals surface area contributed by atoms with Crippen molar-refractivity contribution in [1.29, 1.82) is 5.26 Å². The number of carbonyl (C=O) groups is 1. The van der Waals surface area contributed by atoms with Gasteiger partial charge >= 0.3 is 0 Å². The van der Waals surface area contributed by atoms with Crippen LogP contribution in [0.4, 0.5) is 0 Å². The Morgan fingerprint density at radius 1 is 1.22 bits per heavy atom. The number of piperazine rings is 1. The minimum atomic E-state index is 0.132. The maximum atomic E-state index is 12.4. The van der Waals surface area contributed by atoms with Crippen molar-refractivity contribution >= 4 is 17.7 Å². The molecule has 1 aromatic heterocycles. The lowest BCUT2D eigenvalue weighted by Gasteiger charge is -2.34. The molecule has 1 fully saturated rings. The van der Waals surface area contributed by atoms with E-state index in [1.807, 2.05) is 25.7 Å². The highest BCUT2D eigenvalue weighted by Crippen LogP contribution is 2.26. The van der Waals surface area contributed by atoms with Gasteiger partial charge in [0, 0.05) is 31.9 Å². The molecule has 2 heterocycles. The largest absolute Gasteiger partial charge is 0.339 e. The van der Waals surface area contributed by atoms with Gasteiger partial charge in [0.25, 0.3) is 0 Å². The molecule has 0 N–H and O–H groups in total. The van der Waals surface area contributed by atoms with E-state index in [0.717, 1.165) is 49.5 Å². The van der Waals surface area contributed by atoms with E-state index in [-0.39, 0.29) is 5.91 Å². The molecule has 124 valence electrons. The maximum Gasteiger partial charge on any atom is 0.233 e. The van der Waals surface area contributed by atoms with Crippen LogP contribution in [0.5, 0.6) is 0 Å². The van der Waals surface area contributed by atoms with Crippen LogP contribution in [-0.4, -0.2) is 59.2 Å². The molecule has 2 rings (SSSR count). The molecule has 0 bridgehead atoms. The number of hydrogen-bond acceptors (Lipinski definition) is 5. The third kappa shape index (κ3) is 4.04. The standard InChI is InChI=1S/C17H24N4OS/c1-5-20-6-8-21(9-7-20)16(22)11-23-17-15(10-18)13(3)12(2)14(4)19-17/h5-9,11H2,1-4H3. The smallest absolute Gasteiger partial charge is 0.233 e. The summed E-state index contributed by atoms with van der Waals surface area (Å²) in [6.45, 7) is 12.5. The molecule has 0 saturated carbocycles. The Labute approximate surface area is 142 Å². The Kier molecular flexibility index (Phi) is 6.03. The highest BCUT2D eigenvalue weighted by Gasteiger charge is 2.21. The second-order valence-corrected chi connectivity index (χ2v) is 6.81. The molecule has 0 radical (unpaired) electrons. The number of nitrogens with zero attached hydrogens (tertiary/aromatic N) is 4. The molecule has 23 heavy (non-hydrogen) atoms. The fourth-order valence-electron chi connectivity index (χ4n) is 2.68. The highest BCUT2D eigenvalue weighted by molar-refractivity contribution is 8.00. The van der Waals surface area contributed by atoms with Gasteiger partial charge in [-0.3, -0.25) is 4.79 Å². The molecule has 1 saturated heterocycles. The number of pyridine rings is 1. The zero-order valence-electron chi connectivity index (χ0n) is 14.3. The fourth-order valence-corrected chi connectivity index (χ4v) is 3.67. The molecule has 6 heteroatoms. The van der Waals surface area contributed by atoms with Gasteiger partial charge in [0.05, 0.1) is 11.3 Å². The van der Waals surface area contributed by atoms with Crippen molar-refractivity contribution in [2.45, 2.75) is 32.7 Å². The molecule has 0 unspecified atom stereocenters. The summed E-state index contributed by atoms with van der Waals surface area (Å²) < 4.78 is 0. The lowest BCUT2D eigenvalue weighted by atomic mass is 10.1. The third-order valence-corrected chi connectivity index (χ3v) is 5.54. The van der Waals surface area contributed by atoms with Crippen molar-refractivity contribution in [2.75, 3.05) is 38.5 Å². The van der Waals surface area contributed by atoms with Crippen molar-refractivity contribution in [2.24, 2.45) is 0 Å². The molecule has 1 amide bonds. The molecule has 0 spiro atoms. The summed E-state index contributed by atoms with van der Waals surface area (Å²) in [6, 6.07) is 2.23. The van der Waals surface area contributed by atoms with Gasteiger partial charge in [0.15, 0.2) is 0 Å². The van der Waals surface area contributed by atoms with E-state index in [9.17, 15) is 10.1 Å². The first-order valence-electron chi connectivity index (χ1n) is 7.98. The zero-order chi connectivity index (χ0) is 17.0. The number of nitriles is 1. The molecule has 5 nitrogen and oxygen atoms in total. The van der Waals surface area contributed by atoms with Gasteiger partial charge < -0.3 is 9.80 Å². The molecule has 0 atom stereocenters. The molecule has 0 aromatic carbocycles. The molecule has 1 aliphatic rings. The summed E-state index contributed by atoms with van der Waals surface area (Å²) >= 11 is 1.38. The van der Waals surface area contributed by atoms with E-state index in [2.05, 4.69) is 22.9 Å². The topological polar surface area (TPSA) is 60.2 Å². The number of likely N-dealkylation sites (N-methyl/N-ethyl adjacent to an activating group) is 1. The van der Waals surface area contributed by atoms with Crippen LogP contribution in [-0.2, 0) is 4.79 Å². The number of hydrogen-bond donors (Lipinski definition) is 0. The normalized spacial score (nSPS) is 15.5. The summed E-state index contributed by atoms with van der Waals surface area (Å²) in [6.07, 6.45) is 0. The van der Waals surface area contributed by atoms with Gasteiger partial charge in [-0.2, -0.15) is 5.26 Å². The predicted molar refractivity (Wildman–Crippen MR) is 92.6 cm³/mol.